The van der Waals surface area contributed by atoms with Gasteiger partial charge < -0.3 is 9.64 Å². The number of ether oxygens (including phenoxy) is 1. The van der Waals surface area contributed by atoms with Gasteiger partial charge in [-0.1, -0.05) is 27.2 Å². The van der Waals surface area contributed by atoms with E-state index in [4.69, 9.17) is 4.74 Å². The zero-order valence-corrected chi connectivity index (χ0v) is 10.0. The summed E-state index contributed by atoms with van der Waals surface area (Å²) in [6.07, 6.45) is 1.92. The molecule has 0 aliphatic rings. The molecule has 0 aliphatic heterocycles. The summed E-state index contributed by atoms with van der Waals surface area (Å²) in [5, 5.41) is 0. The van der Waals surface area contributed by atoms with E-state index in [1.165, 1.54) is 0 Å². The Bertz CT molecular complexity index is 169. The maximum atomic E-state index is 11.5. The number of hydrogen-bond donors (Lipinski definition) is 0. The molecule has 3 heteroatoms. The maximum Gasteiger partial charge on any atom is 0.409 e. The molecule has 1 unspecified atom stereocenters. The third-order valence-electron chi connectivity index (χ3n) is 2.41. The van der Waals surface area contributed by atoms with Crippen LogP contribution in [0.5, 0.6) is 0 Å². The number of rotatable bonds is 5. The Labute approximate surface area is 87.4 Å². The molecule has 1 amide bonds. The molecule has 0 heterocycles. The minimum absolute atomic E-state index is 0.209. The quantitative estimate of drug-likeness (QED) is 0.684. The second-order valence-electron chi connectivity index (χ2n) is 3.91. The molecule has 0 saturated heterocycles. The van der Waals surface area contributed by atoms with Gasteiger partial charge in [0.15, 0.2) is 0 Å². The Morgan fingerprint density at radius 3 is 2.29 bits per heavy atom. The zero-order valence-electron chi connectivity index (χ0n) is 10.0. The molecule has 0 N–H and O–H groups in total. The highest BCUT2D eigenvalue weighted by molar-refractivity contribution is 5.67. The van der Waals surface area contributed by atoms with Gasteiger partial charge in [-0.05, 0) is 19.3 Å². The summed E-state index contributed by atoms with van der Waals surface area (Å²) in [7, 11) is 1.82. The molecule has 0 bridgehead atoms. The minimum Gasteiger partial charge on any atom is -0.450 e. The smallest absolute Gasteiger partial charge is 0.409 e. The molecule has 1 atom stereocenters. The fraction of sp³-hybridized carbons (Fsp3) is 0.909. The van der Waals surface area contributed by atoms with E-state index in [2.05, 4.69) is 20.8 Å². The second kappa shape index (κ2) is 6.68. The maximum absolute atomic E-state index is 11.5. The van der Waals surface area contributed by atoms with Gasteiger partial charge in [0, 0.05) is 13.1 Å². The Morgan fingerprint density at radius 1 is 1.36 bits per heavy atom. The van der Waals surface area contributed by atoms with Crippen LogP contribution in [0, 0.1) is 5.92 Å². The zero-order chi connectivity index (χ0) is 11.1. The van der Waals surface area contributed by atoms with Gasteiger partial charge in [-0.2, -0.15) is 0 Å². The van der Waals surface area contributed by atoms with E-state index < -0.39 is 0 Å². The van der Waals surface area contributed by atoms with Crippen molar-refractivity contribution in [2.75, 3.05) is 13.7 Å². The molecular formula is C11H23NO2. The van der Waals surface area contributed by atoms with Gasteiger partial charge >= 0.3 is 6.09 Å². The van der Waals surface area contributed by atoms with Crippen LogP contribution >= 0.6 is 0 Å². The molecule has 14 heavy (non-hydrogen) atoms. The lowest BCUT2D eigenvalue weighted by atomic mass is 9.99. The summed E-state index contributed by atoms with van der Waals surface area (Å²) >= 11 is 0. The average Bonchev–Trinajstić information content (AvgIpc) is 2.13. The van der Waals surface area contributed by atoms with E-state index in [1.54, 1.807) is 4.90 Å². The first-order chi connectivity index (χ1) is 6.54. The monoisotopic (exact) mass is 201 g/mol. The van der Waals surface area contributed by atoms with Crippen molar-refractivity contribution in [3.8, 4) is 0 Å². The molecule has 0 aromatic heterocycles. The van der Waals surface area contributed by atoms with Crippen molar-refractivity contribution in [2.24, 2.45) is 5.92 Å². The molecule has 0 aromatic carbocycles. The Balaban J connectivity index is 4.26. The summed E-state index contributed by atoms with van der Waals surface area (Å²) in [6, 6.07) is 0.291. The van der Waals surface area contributed by atoms with Gasteiger partial charge in [-0.3, -0.25) is 0 Å². The Morgan fingerprint density at radius 2 is 1.93 bits per heavy atom. The lowest BCUT2D eigenvalue weighted by Crippen LogP contribution is -2.40. The van der Waals surface area contributed by atoms with Crippen molar-refractivity contribution >= 4 is 6.09 Å². The van der Waals surface area contributed by atoms with E-state index >= 15 is 0 Å². The molecule has 0 spiro atoms. The first-order valence-corrected chi connectivity index (χ1v) is 5.44. The fourth-order valence-electron chi connectivity index (χ4n) is 1.63. The van der Waals surface area contributed by atoms with Crippen LogP contribution in [0.4, 0.5) is 4.79 Å². The molecular weight excluding hydrogens is 178 g/mol. The Hall–Kier alpha value is -0.730. The van der Waals surface area contributed by atoms with Crippen LogP contribution in [-0.4, -0.2) is 30.7 Å². The van der Waals surface area contributed by atoms with Gasteiger partial charge in [0.05, 0.1) is 6.61 Å². The molecule has 0 fully saturated rings. The van der Waals surface area contributed by atoms with Crippen molar-refractivity contribution in [1.82, 2.24) is 4.90 Å². The molecule has 0 aromatic rings. The van der Waals surface area contributed by atoms with Gasteiger partial charge in [-0.25, -0.2) is 4.79 Å². The highest BCUT2D eigenvalue weighted by Crippen LogP contribution is 2.15. The predicted molar refractivity (Wildman–Crippen MR) is 58.3 cm³/mol. The van der Waals surface area contributed by atoms with Crippen molar-refractivity contribution in [2.45, 2.75) is 46.6 Å². The molecule has 0 saturated carbocycles. The molecule has 0 aliphatic carbocycles. The number of hydrogen-bond acceptors (Lipinski definition) is 2. The third kappa shape index (κ3) is 3.99. The van der Waals surface area contributed by atoms with Crippen LogP contribution in [0.2, 0.25) is 0 Å². The van der Waals surface area contributed by atoms with Crippen LogP contribution in [0.15, 0.2) is 0 Å². The van der Waals surface area contributed by atoms with Crippen LogP contribution < -0.4 is 0 Å². The second-order valence-corrected chi connectivity index (χ2v) is 3.91. The van der Waals surface area contributed by atoms with Crippen molar-refractivity contribution < 1.29 is 9.53 Å². The van der Waals surface area contributed by atoms with Gasteiger partial charge in [-0.15, -0.1) is 0 Å². The highest BCUT2D eigenvalue weighted by Gasteiger charge is 2.22. The van der Waals surface area contributed by atoms with Crippen LogP contribution in [0.3, 0.4) is 0 Å². The largest absolute Gasteiger partial charge is 0.450 e. The van der Waals surface area contributed by atoms with Gasteiger partial charge in [0.1, 0.15) is 0 Å². The average molecular weight is 201 g/mol. The van der Waals surface area contributed by atoms with Crippen LogP contribution in [0.1, 0.15) is 40.5 Å². The van der Waals surface area contributed by atoms with Gasteiger partial charge in [0.2, 0.25) is 0 Å². The predicted octanol–water partition coefficient (Wildman–Crippen LogP) is 2.90. The molecule has 3 nitrogen and oxygen atoms in total. The summed E-state index contributed by atoms with van der Waals surface area (Å²) in [6.45, 7) is 8.68. The third-order valence-corrected chi connectivity index (χ3v) is 2.41. The minimum atomic E-state index is -0.209. The summed E-state index contributed by atoms with van der Waals surface area (Å²) in [5.41, 5.74) is 0. The van der Waals surface area contributed by atoms with Crippen molar-refractivity contribution in [3.63, 3.8) is 0 Å². The van der Waals surface area contributed by atoms with E-state index in [0.717, 1.165) is 12.8 Å². The number of nitrogens with zero attached hydrogens (tertiary/aromatic N) is 1. The number of carbonyl (C=O) groups excluding carboxylic acids is 1. The lowest BCUT2D eigenvalue weighted by molar-refractivity contribution is 0.0893. The number of amides is 1. The highest BCUT2D eigenvalue weighted by atomic mass is 16.6. The molecule has 0 rings (SSSR count). The molecule has 0 radical (unpaired) electrons. The van der Waals surface area contributed by atoms with Gasteiger partial charge in [0.25, 0.3) is 0 Å². The van der Waals surface area contributed by atoms with Crippen molar-refractivity contribution in [3.05, 3.63) is 0 Å². The lowest BCUT2D eigenvalue weighted by Gasteiger charge is -2.30. The fourth-order valence-corrected chi connectivity index (χ4v) is 1.63. The number of carbonyl (C=O) groups is 1. The van der Waals surface area contributed by atoms with E-state index in [1.807, 2.05) is 14.0 Å². The van der Waals surface area contributed by atoms with Crippen molar-refractivity contribution in [1.29, 1.82) is 0 Å². The summed E-state index contributed by atoms with van der Waals surface area (Å²) in [4.78, 5) is 13.2. The van der Waals surface area contributed by atoms with E-state index in [0.29, 0.717) is 18.6 Å². The van der Waals surface area contributed by atoms with E-state index in [9.17, 15) is 4.79 Å². The topological polar surface area (TPSA) is 29.5 Å². The SMILES string of the molecule is CCCC(C(C)C)N(C)C(=O)OCC. The summed E-state index contributed by atoms with van der Waals surface area (Å²) < 4.78 is 4.97. The molecule has 84 valence electrons. The van der Waals surface area contributed by atoms with Crippen LogP contribution in [-0.2, 0) is 4.74 Å². The first-order valence-electron chi connectivity index (χ1n) is 5.44. The van der Waals surface area contributed by atoms with E-state index in [-0.39, 0.29) is 6.09 Å². The van der Waals surface area contributed by atoms with Crippen LogP contribution in [0.25, 0.3) is 0 Å². The first kappa shape index (κ1) is 13.3. The Kier molecular flexibility index (Phi) is 6.34. The normalized spacial score (nSPS) is 12.7. The standard InChI is InChI=1S/C11H23NO2/c1-6-8-10(9(3)4)12(5)11(13)14-7-2/h9-10H,6-8H2,1-5H3. The summed E-state index contributed by atoms with van der Waals surface area (Å²) in [5.74, 6) is 0.476.